The van der Waals surface area contributed by atoms with Gasteiger partial charge in [-0.3, -0.25) is 9.89 Å². The minimum atomic E-state index is 0.537. The van der Waals surface area contributed by atoms with Crippen molar-refractivity contribution in [2.45, 2.75) is 20.3 Å². The molecule has 1 rings (SSSR count). The van der Waals surface area contributed by atoms with E-state index in [1.165, 1.54) is 0 Å². The summed E-state index contributed by atoms with van der Waals surface area (Å²) in [7, 11) is 0. The van der Waals surface area contributed by atoms with E-state index in [1.807, 2.05) is 0 Å². The molecule has 100 valence electrons. The molecule has 1 fully saturated rings. The lowest BCUT2D eigenvalue weighted by molar-refractivity contribution is 0.0323. The lowest BCUT2D eigenvalue weighted by Crippen LogP contribution is -2.39. The number of morpholine rings is 1. The SMILES string of the molecule is CCCNC(N)=NCC(C)CN1CCOCC1. The second-order valence-electron chi connectivity index (χ2n) is 4.67. The standard InChI is InChI=1S/C12H26N4O/c1-3-4-14-12(13)15-9-11(2)10-16-5-7-17-8-6-16/h11H,3-10H2,1-2H3,(H3,13,14,15). The zero-order chi connectivity index (χ0) is 12.5. The Morgan fingerprint density at radius 3 is 2.82 bits per heavy atom. The highest BCUT2D eigenvalue weighted by Gasteiger charge is 2.13. The molecule has 0 radical (unpaired) electrons. The number of nitrogens with one attached hydrogen (secondary N) is 1. The third kappa shape index (κ3) is 6.48. The number of ether oxygens (including phenoxy) is 1. The van der Waals surface area contributed by atoms with Crippen LogP contribution in [0, 0.1) is 5.92 Å². The molecule has 0 bridgehead atoms. The number of hydrogen-bond donors (Lipinski definition) is 2. The molecule has 0 spiro atoms. The Hall–Kier alpha value is -0.810. The highest BCUT2D eigenvalue weighted by atomic mass is 16.5. The van der Waals surface area contributed by atoms with E-state index in [4.69, 9.17) is 10.5 Å². The Kier molecular flexibility index (Phi) is 6.96. The van der Waals surface area contributed by atoms with E-state index in [9.17, 15) is 0 Å². The Morgan fingerprint density at radius 2 is 2.18 bits per heavy atom. The number of nitrogens with zero attached hydrogens (tertiary/aromatic N) is 2. The van der Waals surface area contributed by atoms with Crippen LogP contribution in [0.2, 0.25) is 0 Å². The van der Waals surface area contributed by atoms with Gasteiger partial charge in [-0.1, -0.05) is 13.8 Å². The first kappa shape index (κ1) is 14.3. The first-order chi connectivity index (χ1) is 8.22. The molecule has 5 nitrogen and oxygen atoms in total. The Morgan fingerprint density at radius 1 is 1.47 bits per heavy atom. The molecule has 0 aromatic rings. The summed E-state index contributed by atoms with van der Waals surface area (Å²) in [5.74, 6) is 1.11. The average Bonchev–Trinajstić information content (AvgIpc) is 2.35. The lowest BCUT2D eigenvalue weighted by Gasteiger charge is -2.28. The maximum Gasteiger partial charge on any atom is 0.188 e. The van der Waals surface area contributed by atoms with Crippen molar-refractivity contribution in [2.75, 3.05) is 45.9 Å². The largest absolute Gasteiger partial charge is 0.379 e. The molecule has 1 aliphatic rings. The van der Waals surface area contributed by atoms with Gasteiger partial charge in [-0.25, -0.2) is 0 Å². The Balaban J connectivity index is 2.16. The summed E-state index contributed by atoms with van der Waals surface area (Å²) < 4.78 is 5.32. The summed E-state index contributed by atoms with van der Waals surface area (Å²) in [6.07, 6.45) is 1.07. The Labute approximate surface area is 104 Å². The van der Waals surface area contributed by atoms with Gasteiger partial charge in [-0.2, -0.15) is 0 Å². The van der Waals surface area contributed by atoms with Gasteiger partial charge >= 0.3 is 0 Å². The molecule has 0 aromatic carbocycles. The van der Waals surface area contributed by atoms with E-state index in [0.717, 1.165) is 52.4 Å². The average molecular weight is 242 g/mol. The van der Waals surface area contributed by atoms with Gasteiger partial charge in [0.2, 0.25) is 0 Å². The monoisotopic (exact) mass is 242 g/mol. The van der Waals surface area contributed by atoms with Crippen LogP contribution in [-0.2, 0) is 4.74 Å². The second kappa shape index (κ2) is 8.31. The van der Waals surface area contributed by atoms with Crippen LogP contribution in [0.4, 0.5) is 0 Å². The van der Waals surface area contributed by atoms with Crippen molar-refractivity contribution in [1.82, 2.24) is 10.2 Å². The van der Waals surface area contributed by atoms with Crippen LogP contribution in [0.1, 0.15) is 20.3 Å². The van der Waals surface area contributed by atoms with Gasteiger partial charge in [0.25, 0.3) is 0 Å². The molecule has 1 atom stereocenters. The molecular formula is C12H26N4O. The van der Waals surface area contributed by atoms with Gasteiger partial charge in [-0.15, -0.1) is 0 Å². The van der Waals surface area contributed by atoms with Crippen molar-refractivity contribution < 1.29 is 4.74 Å². The van der Waals surface area contributed by atoms with E-state index in [-0.39, 0.29) is 0 Å². The number of aliphatic imine (C=N–C) groups is 1. The molecule has 1 saturated heterocycles. The fourth-order valence-electron chi connectivity index (χ4n) is 1.85. The van der Waals surface area contributed by atoms with Gasteiger partial charge in [0, 0.05) is 32.7 Å². The van der Waals surface area contributed by atoms with Gasteiger partial charge in [0.1, 0.15) is 0 Å². The fraction of sp³-hybridized carbons (Fsp3) is 0.917. The molecule has 0 aliphatic carbocycles. The predicted octanol–water partition coefficient (Wildman–Crippen LogP) is 0.269. The smallest absolute Gasteiger partial charge is 0.188 e. The van der Waals surface area contributed by atoms with Crippen LogP contribution >= 0.6 is 0 Å². The minimum Gasteiger partial charge on any atom is -0.379 e. The molecule has 1 aliphatic heterocycles. The van der Waals surface area contributed by atoms with Crippen LogP contribution in [0.3, 0.4) is 0 Å². The highest BCUT2D eigenvalue weighted by Crippen LogP contribution is 2.03. The maximum atomic E-state index is 5.75. The lowest BCUT2D eigenvalue weighted by atomic mass is 10.1. The van der Waals surface area contributed by atoms with Crippen molar-refractivity contribution in [3.8, 4) is 0 Å². The minimum absolute atomic E-state index is 0.537. The Bertz CT molecular complexity index is 227. The van der Waals surface area contributed by atoms with E-state index in [0.29, 0.717) is 11.9 Å². The van der Waals surface area contributed by atoms with Crippen molar-refractivity contribution in [3.63, 3.8) is 0 Å². The first-order valence-corrected chi connectivity index (χ1v) is 6.56. The second-order valence-corrected chi connectivity index (χ2v) is 4.67. The normalized spacial score (nSPS) is 20.2. The number of rotatable bonds is 6. The zero-order valence-electron chi connectivity index (χ0n) is 11.1. The van der Waals surface area contributed by atoms with Gasteiger partial charge in [0.05, 0.1) is 13.2 Å². The van der Waals surface area contributed by atoms with Crippen LogP contribution < -0.4 is 11.1 Å². The van der Waals surface area contributed by atoms with Crippen molar-refractivity contribution in [2.24, 2.45) is 16.6 Å². The zero-order valence-corrected chi connectivity index (χ0v) is 11.1. The molecule has 5 heteroatoms. The van der Waals surface area contributed by atoms with E-state index in [1.54, 1.807) is 0 Å². The summed E-state index contributed by atoms with van der Waals surface area (Å²) in [5, 5.41) is 3.09. The van der Waals surface area contributed by atoms with Crippen LogP contribution in [0.25, 0.3) is 0 Å². The van der Waals surface area contributed by atoms with Gasteiger partial charge in [-0.05, 0) is 12.3 Å². The molecule has 3 N–H and O–H groups in total. The predicted molar refractivity (Wildman–Crippen MR) is 71.2 cm³/mol. The molecule has 0 amide bonds. The van der Waals surface area contributed by atoms with Crippen LogP contribution in [-0.4, -0.2) is 56.8 Å². The van der Waals surface area contributed by atoms with Crippen molar-refractivity contribution in [1.29, 1.82) is 0 Å². The fourth-order valence-corrected chi connectivity index (χ4v) is 1.85. The molecule has 0 saturated carbocycles. The highest BCUT2D eigenvalue weighted by molar-refractivity contribution is 5.77. The molecule has 1 unspecified atom stereocenters. The van der Waals surface area contributed by atoms with E-state index < -0.39 is 0 Å². The first-order valence-electron chi connectivity index (χ1n) is 6.56. The third-order valence-electron chi connectivity index (χ3n) is 2.80. The summed E-state index contributed by atoms with van der Waals surface area (Å²) in [5.41, 5.74) is 5.75. The number of nitrogens with two attached hydrogens (primary N) is 1. The van der Waals surface area contributed by atoms with Gasteiger partial charge < -0.3 is 15.8 Å². The molecular weight excluding hydrogens is 216 g/mol. The summed E-state index contributed by atoms with van der Waals surface area (Å²) in [4.78, 5) is 6.78. The van der Waals surface area contributed by atoms with Crippen LogP contribution in [0.5, 0.6) is 0 Å². The topological polar surface area (TPSA) is 62.9 Å². The van der Waals surface area contributed by atoms with Crippen molar-refractivity contribution in [3.05, 3.63) is 0 Å². The van der Waals surface area contributed by atoms with E-state index in [2.05, 4.69) is 29.1 Å². The summed E-state index contributed by atoms with van der Waals surface area (Å²) in [6.45, 7) is 10.9. The van der Waals surface area contributed by atoms with Crippen LogP contribution in [0.15, 0.2) is 4.99 Å². The number of guanidine groups is 1. The summed E-state index contributed by atoms with van der Waals surface area (Å²) >= 11 is 0. The molecule has 0 aromatic heterocycles. The summed E-state index contributed by atoms with van der Waals surface area (Å²) in [6, 6.07) is 0. The molecule has 1 heterocycles. The van der Waals surface area contributed by atoms with Gasteiger partial charge in [0.15, 0.2) is 5.96 Å². The number of hydrogen-bond acceptors (Lipinski definition) is 3. The third-order valence-corrected chi connectivity index (χ3v) is 2.80. The van der Waals surface area contributed by atoms with E-state index >= 15 is 0 Å². The maximum absolute atomic E-state index is 5.75. The quantitative estimate of drug-likeness (QED) is 0.518. The molecule has 17 heavy (non-hydrogen) atoms. The van der Waals surface area contributed by atoms with Crippen molar-refractivity contribution >= 4 is 5.96 Å².